The van der Waals surface area contributed by atoms with Crippen LogP contribution < -0.4 is 10.6 Å². The predicted octanol–water partition coefficient (Wildman–Crippen LogP) is 3.13. The highest BCUT2D eigenvalue weighted by Crippen LogP contribution is 2.29. The number of piperidine rings is 1. The van der Waals surface area contributed by atoms with E-state index in [2.05, 4.69) is 51.2 Å². The van der Waals surface area contributed by atoms with Gasteiger partial charge in [-0.25, -0.2) is 4.99 Å². The van der Waals surface area contributed by atoms with Gasteiger partial charge in [0.05, 0.1) is 6.04 Å². The Morgan fingerprint density at radius 1 is 1.38 bits per heavy atom. The smallest absolute Gasteiger partial charge is 0.243 e. The molecule has 1 aromatic rings. The summed E-state index contributed by atoms with van der Waals surface area (Å²) >= 11 is 3.61. The van der Waals surface area contributed by atoms with Gasteiger partial charge in [-0.3, -0.25) is 9.69 Å². The molecular weight excluding hydrogens is 517 g/mol. The fourth-order valence-electron chi connectivity index (χ4n) is 3.16. The van der Waals surface area contributed by atoms with E-state index < -0.39 is 0 Å². The van der Waals surface area contributed by atoms with E-state index in [0.29, 0.717) is 6.04 Å². The first-order valence-electron chi connectivity index (χ1n) is 10.00. The summed E-state index contributed by atoms with van der Waals surface area (Å²) in [6.07, 6.45) is 4.60. The van der Waals surface area contributed by atoms with Crippen molar-refractivity contribution in [2.75, 3.05) is 58.8 Å². The molecule has 29 heavy (non-hydrogen) atoms. The molecule has 0 aliphatic carbocycles. The van der Waals surface area contributed by atoms with Crippen LogP contribution in [0.1, 0.15) is 30.7 Å². The van der Waals surface area contributed by atoms with Gasteiger partial charge in [-0.2, -0.15) is 11.8 Å². The summed E-state index contributed by atoms with van der Waals surface area (Å²) in [7, 11) is 3.52. The molecule has 1 aliphatic heterocycles. The van der Waals surface area contributed by atoms with Gasteiger partial charge in [0.15, 0.2) is 5.96 Å². The zero-order chi connectivity index (χ0) is 20.4. The van der Waals surface area contributed by atoms with Crippen molar-refractivity contribution >= 4 is 58.9 Å². The van der Waals surface area contributed by atoms with E-state index in [1.165, 1.54) is 17.7 Å². The lowest BCUT2D eigenvalue weighted by Crippen LogP contribution is -2.45. The number of amides is 1. The molecule has 0 saturated carbocycles. The van der Waals surface area contributed by atoms with E-state index in [1.54, 1.807) is 30.8 Å². The zero-order valence-electron chi connectivity index (χ0n) is 18.0. The quantitative estimate of drug-likeness (QED) is 0.213. The summed E-state index contributed by atoms with van der Waals surface area (Å²) in [6, 6.07) is 4.69. The normalized spacial score (nSPS) is 16.8. The third kappa shape index (κ3) is 9.44. The highest BCUT2D eigenvalue weighted by Gasteiger charge is 2.25. The highest BCUT2D eigenvalue weighted by atomic mass is 127. The second kappa shape index (κ2) is 14.5. The van der Waals surface area contributed by atoms with Crippen molar-refractivity contribution in [3.63, 3.8) is 0 Å². The molecule has 6 nitrogen and oxygen atoms in total. The van der Waals surface area contributed by atoms with Gasteiger partial charge in [0.1, 0.15) is 6.54 Å². The van der Waals surface area contributed by atoms with E-state index in [1.807, 2.05) is 11.3 Å². The van der Waals surface area contributed by atoms with E-state index in [0.717, 1.165) is 43.8 Å². The average molecular weight is 554 g/mol. The van der Waals surface area contributed by atoms with Crippen LogP contribution in [-0.4, -0.2) is 80.5 Å². The highest BCUT2D eigenvalue weighted by molar-refractivity contribution is 14.0. The van der Waals surface area contributed by atoms with Crippen molar-refractivity contribution in [2.24, 2.45) is 10.9 Å². The lowest BCUT2D eigenvalue weighted by Gasteiger charge is -2.36. The van der Waals surface area contributed by atoms with Gasteiger partial charge in [-0.15, -0.1) is 35.3 Å². The van der Waals surface area contributed by atoms with Gasteiger partial charge in [-0.1, -0.05) is 13.0 Å². The molecule has 1 atom stereocenters. The predicted molar refractivity (Wildman–Crippen MR) is 138 cm³/mol. The molecule has 1 fully saturated rings. The van der Waals surface area contributed by atoms with Gasteiger partial charge in [0, 0.05) is 37.8 Å². The number of hydrogen-bond acceptors (Lipinski definition) is 5. The van der Waals surface area contributed by atoms with Crippen LogP contribution in [-0.2, 0) is 4.79 Å². The van der Waals surface area contributed by atoms with Crippen LogP contribution in [0.15, 0.2) is 22.5 Å². The number of guanidine groups is 1. The molecule has 0 spiro atoms. The molecule has 1 aromatic heterocycles. The number of carbonyl (C=O) groups is 1. The largest absolute Gasteiger partial charge is 0.356 e. The molecule has 9 heteroatoms. The molecule has 1 aliphatic rings. The van der Waals surface area contributed by atoms with Crippen molar-refractivity contribution in [3.8, 4) is 0 Å². The molecule has 0 bridgehead atoms. The number of thioether (sulfide) groups is 1. The Morgan fingerprint density at radius 2 is 2.10 bits per heavy atom. The number of rotatable bonds is 9. The van der Waals surface area contributed by atoms with E-state index in [4.69, 9.17) is 0 Å². The Kier molecular flexibility index (Phi) is 13.2. The fraction of sp³-hybridized carbons (Fsp3) is 0.700. The molecule has 166 valence electrons. The van der Waals surface area contributed by atoms with Crippen molar-refractivity contribution in [1.82, 2.24) is 20.4 Å². The van der Waals surface area contributed by atoms with Gasteiger partial charge in [0.2, 0.25) is 5.91 Å². The topological polar surface area (TPSA) is 60.0 Å². The van der Waals surface area contributed by atoms with Gasteiger partial charge < -0.3 is 15.5 Å². The SMILES string of the molecule is CSCCNC(=NCC(=O)N(C)C)NCC(c1cccs1)N1CCC(C)CC1.I. The van der Waals surface area contributed by atoms with E-state index >= 15 is 0 Å². The van der Waals surface area contributed by atoms with Gasteiger partial charge in [-0.05, 0) is 49.6 Å². The summed E-state index contributed by atoms with van der Waals surface area (Å²) in [5.74, 6) is 2.54. The van der Waals surface area contributed by atoms with Crippen LogP contribution in [0.4, 0.5) is 0 Å². The molecule has 2 rings (SSSR count). The van der Waals surface area contributed by atoms with Crippen molar-refractivity contribution in [3.05, 3.63) is 22.4 Å². The number of nitrogens with zero attached hydrogens (tertiary/aromatic N) is 3. The Balaban J connectivity index is 0.00000420. The van der Waals surface area contributed by atoms with Crippen molar-refractivity contribution < 1.29 is 4.79 Å². The molecule has 0 radical (unpaired) electrons. The summed E-state index contributed by atoms with van der Waals surface area (Å²) in [4.78, 5) is 22.0. The first-order valence-corrected chi connectivity index (χ1v) is 12.3. The summed E-state index contributed by atoms with van der Waals surface area (Å²) < 4.78 is 0. The number of halogens is 1. The number of hydrogen-bond donors (Lipinski definition) is 2. The van der Waals surface area contributed by atoms with Gasteiger partial charge in [0.25, 0.3) is 0 Å². The number of nitrogens with one attached hydrogen (secondary N) is 2. The third-order valence-corrected chi connectivity index (χ3v) is 6.65. The Morgan fingerprint density at radius 3 is 2.69 bits per heavy atom. The first-order chi connectivity index (χ1) is 13.5. The van der Waals surface area contributed by atoms with Gasteiger partial charge >= 0.3 is 0 Å². The number of aliphatic imine (C=N–C) groups is 1. The summed E-state index contributed by atoms with van der Waals surface area (Å²) in [6.45, 7) is 6.39. The second-order valence-electron chi connectivity index (χ2n) is 7.50. The summed E-state index contributed by atoms with van der Waals surface area (Å²) in [5, 5.41) is 9.00. The number of likely N-dealkylation sites (tertiary alicyclic amines) is 1. The molecule has 0 aromatic carbocycles. The minimum atomic E-state index is 0. The monoisotopic (exact) mass is 553 g/mol. The first kappa shape index (κ1) is 26.5. The minimum Gasteiger partial charge on any atom is -0.356 e. The average Bonchev–Trinajstić information content (AvgIpc) is 3.21. The number of thiophene rings is 1. The zero-order valence-corrected chi connectivity index (χ0v) is 22.0. The molecule has 2 heterocycles. The lowest BCUT2D eigenvalue weighted by atomic mass is 9.97. The lowest BCUT2D eigenvalue weighted by molar-refractivity contribution is -0.127. The molecule has 1 amide bonds. The molecule has 1 unspecified atom stereocenters. The maximum absolute atomic E-state index is 11.9. The maximum Gasteiger partial charge on any atom is 0.243 e. The van der Waals surface area contributed by atoms with E-state index in [9.17, 15) is 4.79 Å². The Bertz CT molecular complexity index is 604. The second-order valence-corrected chi connectivity index (χ2v) is 9.47. The number of likely N-dealkylation sites (N-methyl/N-ethyl adjacent to an activating group) is 1. The van der Waals surface area contributed by atoms with Crippen LogP contribution in [0.2, 0.25) is 0 Å². The Labute approximate surface area is 201 Å². The summed E-state index contributed by atoms with van der Waals surface area (Å²) in [5.41, 5.74) is 0. The van der Waals surface area contributed by atoms with Crippen LogP contribution >= 0.6 is 47.1 Å². The van der Waals surface area contributed by atoms with Crippen LogP contribution in [0, 0.1) is 5.92 Å². The maximum atomic E-state index is 11.9. The fourth-order valence-corrected chi connectivity index (χ4v) is 4.33. The number of carbonyl (C=O) groups excluding carboxylic acids is 1. The van der Waals surface area contributed by atoms with E-state index in [-0.39, 0.29) is 36.4 Å². The molecule has 2 N–H and O–H groups in total. The Hall–Kier alpha value is -0.520. The van der Waals surface area contributed by atoms with Crippen LogP contribution in [0.25, 0.3) is 0 Å². The molecular formula is C20H36IN5OS2. The van der Waals surface area contributed by atoms with Crippen molar-refractivity contribution in [1.29, 1.82) is 0 Å². The molecule has 1 saturated heterocycles. The van der Waals surface area contributed by atoms with Crippen LogP contribution in [0.5, 0.6) is 0 Å². The van der Waals surface area contributed by atoms with Crippen molar-refractivity contribution in [2.45, 2.75) is 25.8 Å². The third-order valence-electron chi connectivity index (χ3n) is 5.06. The standard InChI is InChI=1S/C20H35N5OS2.HI/c1-16-7-10-25(11-8-16)17(18-6-5-12-28-18)14-22-20(21-9-13-27-4)23-15-19(26)24(2)3;/h5-6,12,16-17H,7-11,13-15H2,1-4H3,(H2,21,22,23);1H. The van der Waals surface area contributed by atoms with Crippen LogP contribution in [0.3, 0.4) is 0 Å². The minimum absolute atomic E-state index is 0.